The second-order valence-corrected chi connectivity index (χ2v) is 12.1. The molecule has 0 aliphatic carbocycles. The Morgan fingerprint density at radius 2 is 1.09 bits per heavy atom. The maximum absolute atomic E-state index is 5.25. The molecule has 6 heterocycles. The molecule has 0 aliphatic rings. The zero-order valence-electron chi connectivity index (χ0n) is 25.0. The number of imidazole rings is 1. The van der Waals surface area contributed by atoms with E-state index >= 15 is 0 Å². The summed E-state index contributed by atoms with van der Waals surface area (Å²) in [4.78, 5) is 15.0. The van der Waals surface area contributed by atoms with Gasteiger partial charge in [0, 0.05) is 56.1 Å². The molecule has 0 amide bonds. The molecule has 0 N–H and O–H groups in total. The predicted molar refractivity (Wildman–Crippen MR) is 192 cm³/mol. The third-order valence-electron chi connectivity index (χ3n) is 9.68. The number of aromatic nitrogens is 6. The van der Waals surface area contributed by atoms with Crippen molar-refractivity contribution >= 4 is 82.2 Å². The number of nitrogens with zero attached hydrogens (tertiary/aromatic N) is 6. The Morgan fingerprint density at radius 1 is 0.404 bits per heavy atom. The fourth-order valence-corrected chi connectivity index (χ4v) is 7.80. The van der Waals surface area contributed by atoms with Crippen molar-refractivity contribution < 1.29 is 0 Å². The zero-order chi connectivity index (χ0) is 30.6. The van der Waals surface area contributed by atoms with E-state index in [-0.39, 0.29) is 0 Å². The molecule has 11 rings (SSSR count). The average molecular weight is 601 g/mol. The number of benzene rings is 5. The minimum absolute atomic E-state index is 0.833. The van der Waals surface area contributed by atoms with Gasteiger partial charge in [-0.15, -0.1) is 0 Å². The molecule has 0 fully saturated rings. The van der Waals surface area contributed by atoms with Gasteiger partial charge in [0.15, 0.2) is 5.65 Å². The molecular formula is C41H24N6. The van der Waals surface area contributed by atoms with Crippen LogP contribution in [-0.2, 0) is 0 Å². The molecule has 47 heavy (non-hydrogen) atoms. The Bertz CT molecular complexity index is 3060. The van der Waals surface area contributed by atoms with Crippen LogP contribution in [0.15, 0.2) is 146 Å². The molecule has 0 saturated carbocycles. The van der Waals surface area contributed by atoms with Gasteiger partial charge in [0.05, 0.1) is 33.1 Å². The Kier molecular flexibility index (Phi) is 4.75. The number of hydrogen-bond donors (Lipinski definition) is 0. The van der Waals surface area contributed by atoms with Gasteiger partial charge in [-0.3, -0.25) is 9.38 Å². The predicted octanol–water partition coefficient (Wildman–Crippen LogP) is 9.78. The van der Waals surface area contributed by atoms with Crippen molar-refractivity contribution in [2.75, 3.05) is 0 Å². The van der Waals surface area contributed by atoms with Crippen LogP contribution in [0.25, 0.3) is 93.6 Å². The Balaban J connectivity index is 1.43. The second kappa shape index (κ2) is 9.02. The van der Waals surface area contributed by atoms with E-state index in [1.54, 1.807) is 0 Å². The summed E-state index contributed by atoms with van der Waals surface area (Å²) in [5.41, 5.74) is 11.4. The minimum Gasteiger partial charge on any atom is -0.309 e. The van der Waals surface area contributed by atoms with E-state index in [0.29, 0.717) is 0 Å². The monoisotopic (exact) mass is 600 g/mol. The molecule has 0 saturated heterocycles. The summed E-state index contributed by atoms with van der Waals surface area (Å²) >= 11 is 0. The minimum atomic E-state index is 0.833. The van der Waals surface area contributed by atoms with E-state index < -0.39 is 0 Å². The average Bonchev–Trinajstić information content (AvgIpc) is 3.79. The first-order valence-electron chi connectivity index (χ1n) is 15.8. The van der Waals surface area contributed by atoms with Crippen molar-refractivity contribution in [1.82, 2.24) is 28.5 Å². The summed E-state index contributed by atoms with van der Waals surface area (Å²) < 4.78 is 6.97. The topological polar surface area (TPSA) is 52.9 Å². The summed E-state index contributed by atoms with van der Waals surface area (Å²) in [5, 5.41) is 6.93. The molecule has 0 bridgehead atoms. The van der Waals surface area contributed by atoms with Crippen molar-refractivity contribution in [2.45, 2.75) is 0 Å². The molecule has 5 aromatic carbocycles. The van der Waals surface area contributed by atoms with Gasteiger partial charge in [-0.25, -0.2) is 9.97 Å². The van der Waals surface area contributed by atoms with E-state index in [1.165, 1.54) is 27.2 Å². The standard InChI is InChI=1S/C41H24N6/c1-3-11-25(12-4-1)45-32-17-8-7-15-27(32)29-23-30-36(24-35(29)45)46(26-13-5-2-6-14-26)33-20-19-28-38(37(30)33)41-44-31-16-9-22-43-40(31)47(41)34-18-10-21-42-39(28)34/h1-24H. The van der Waals surface area contributed by atoms with Gasteiger partial charge < -0.3 is 9.13 Å². The van der Waals surface area contributed by atoms with Gasteiger partial charge in [-0.05, 0) is 78.9 Å². The van der Waals surface area contributed by atoms with Crippen molar-refractivity contribution in [3.8, 4) is 11.4 Å². The summed E-state index contributed by atoms with van der Waals surface area (Å²) in [5.74, 6) is 0. The lowest BCUT2D eigenvalue weighted by atomic mass is 10.0. The van der Waals surface area contributed by atoms with E-state index in [0.717, 1.165) is 66.4 Å². The van der Waals surface area contributed by atoms with Crippen molar-refractivity contribution in [3.05, 3.63) is 146 Å². The van der Waals surface area contributed by atoms with Crippen LogP contribution in [0.2, 0.25) is 0 Å². The van der Waals surface area contributed by atoms with Gasteiger partial charge in [-0.1, -0.05) is 54.6 Å². The zero-order valence-corrected chi connectivity index (χ0v) is 25.0. The largest absolute Gasteiger partial charge is 0.309 e. The molecule has 0 radical (unpaired) electrons. The lowest BCUT2D eigenvalue weighted by Crippen LogP contribution is -1.96. The van der Waals surface area contributed by atoms with Crippen molar-refractivity contribution in [2.24, 2.45) is 0 Å². The van der Waals surface area contributed by atoms with E-state index in [1.807, 2.05) is 30.6 Å². The number of para-hydroxylation sites is 3. The third kappa shape index (κ3) is 3.21. The molecule has 0 spiro atoms. The van der Waals surface area contributed by atoms with Crippen LogP contribution in [0.1, 0.15) is 0 Å². The SMILES string of the molecule is c1ccc(-n2c3ccccc3c3cc4c5c6c(ccc5n(-c5ccccc5)c4cc32)c2ncccc2n2c3ncccc3nc62)cc1. The van der Waals surface area contributed by atoms with Crippen LogP contribution in [0, 0.1) is 0 Å². The molecule has 11 aromatic rings. The highest BCUT2D eigenvalue weighted by atomic mass is 15.1. The maximum Gasteiger partial charge on any atom is 0.165 e. The van der Waals surface area contributed by atoms with Crippen LogP contribution < -0.4 is 0 Å². The van der Waals surface area contributed by atoms with Crippen LogP contribution in [-0.4, -0.2) is 28.5 Å². The van der Waals surface area contributed by atoms with Crippen LogP contribution in [0.3, 0.4) is 0 Å². The van der Waals surface area contributed by atoms with Crippen LogP contribution >= 0.6 is 0 Å². The molecule has 6 nitrogen and oxygen atoms in total. The van der Waals surface area contributed by atoms with Gasteiger partial charge in [-0.2, -0.15) is 0 Å². The molecule has 6 aromatic heterocycles. The van der Waals surface area contributed by atoms with Crippen LogP contribution in [0.5, 0.6) is 0 Å². The van der Waals surface area contributed by atoms with Gasteiger partial charge >= 0.3 is 0 Å². The number of hydrogen-bond acceptors (Lipinski definition) is 3. The second-order valence-electron chi connectivity index (χ2n) is 12.1. The first-order valence-corrected chi connectivity index (χ1v) is 15.8. The maximum atomic E-state index is 5.25. The number of rotatable bonds is 2. The number of pyridine rings is 3. The van der Waals surface area contributed by atoms with Gasteiger partial charge in [0.1, 0.15) is 11.2 Å². The number of fused-ring (bicyclic) bond motifs is 15. The lowest BCUT2D eigenvalue weighted by Gasteiger charge is -2.11. The Morgan fingerprint density at radius 3 is 1.91 bits per heavy atom. The third-order valence-corrected chi connectivity index (χ3v) is 9.68. The smallest absolute Gasteiger partial charge is 0.165 e. The van der Waals surface area contributed by atoms with Crippen molar-refractivity contribution in [3.63, 3.8) is 0 Å². The van der Waals surface area contributed by atoms with Gasteiger partial charge in [0.25, 0.3) is 0 Å². The Labute approximate surface area is 267 Å². The fourth-order valence-electron chi connectivity index (χ4n) is 7.80. The summed E-state index contributed by atoms with van der Waals surface area (Å²) in [6, 6.07) is 47.4. The Hall–Kier alpha value is -6.53. The molecule has 0 unspecified atom stereocenters. The molecular weight excluding hydrogens is 576 g/mol. The summed E-state index contributed by atoms with van der Waals surface area (Å²) in [6.07, 6.45) is 3.71. The van der Waals surface area contributed by atoms with E-state index in [2.05, 4.69) is 129 Å². The van der Waals surface area contributed by atoms with E-state index in [4.69, 9.17) is 15.0 Å². The quantitative estimate of drug-likeness (QED) is 0.186. The molecule has 218 valence electrons. The first-order chi connectivity index (χ1) is 23.3. The highest BCUT2D eigenvalue weighted by molar-refractivity contribution is 6.31. The summed E-state index contributed by atoms with van der Waals surface area (Å²) in [7, 11) is 0. The highest BCUT2D eigenvalue weighted by Gasteiger charge is 2.23. The highest BCUT2D eigenvalue weighted by Crippen LogP contribution is 2.44. The van der Waals surface area contributed by atoms with E-state index in [9.17, 15) is 0 Å². The molecule has 6 heteroatoms. The fraction of sp³-hybridized carbons (Fsp3) is 0. The van der Waals surface area contributed by atoms with Crippen LogP contribution in [0.4, 0.5) is 0 Å². The lowest BCUT2D eigenvalue weighted by molar-refractivity contribution is 1.16. The van der Waals surface area contributed by atoms with Crippen molar-refractivity contribution in [1.29, 1.82) is 0 Å². The molecule has 0 atom stereocenters. The van der Waals surface area contributed by atoms with Gasteiger partial charge in [0.2, 0.25) is 0 Å². The summed E-state index contributed by atoms with van der Waals surface area (Å²) in [6.45, 7) is 0. The normalized spacial score (nSPS) is 12.3. The molecule has 0 aliphatic heterocycles. The first kappa shape index (κ1) is 24.8.